The second-order valence-corrected chi connectivity index (χ2v) is 7.97. The summed E-state index contributed by atoms with van der Waals surface area (Å²) in [4.78, 5) is 0.0811. The van der Waals surface area contributed by atoms with Crippen molar-refractivity contribution in [3.05, 3.63) is 65.5 Å². The first-order valence-corrected chi connectivity index (χ1v) is 8.80. The van der Waals surface area contributed by atoms with Gasteiger partial charge in [-0.25, -0.2) is 12.8 Å². The van der Waals surface area contributed by atoms with Gasteiger partial charge in [0.15, 0.2) is 15.3 Å². The highest BCUT2D eigenvalue weighted by atomic mass is 32.2. The van der Waals surface area contributed by atoms with Crippen LogP contribution in [0.15, 0.2) is 53.4 Å². The molecular weight excluding hydrogens is 327 g/mol. The summed E-state index contributed by atoms with van der Waals surface area (Å²) in [7, 11) is -3.86. The maximum absolute atomic E-state index is 13.1. The van der Waals surface area contributed by atoms with Crippen LogP contribution in [-0.4, -0.2) is 13.7 Å². The molecule has 0 unspecified atom stereocenters. The van der Waals surface area contributed by atoms with Gasteiger partial charge in [-0.2, -0.15) is 10.5 Å². The van der Waals surface area contributed by atoms with Gasteiger partial charge in [0, 0.05) is 5.92 Å². The standard InChI is InChI=1S/C18H13FN2O2S/c1-12-2-8-15(9-3-12)24(22,23)17-16(18(17,10-20)11-21)13-4-6-14(19)7-5-13/h2-9,16-17H,1H3/t16-,17-/m0/s1. The lowest BCUT2D eigenvalue weighted by Crippen LogP contribution is -2.14. The third kappa shape index (κ3) is 2.28. The molecule has 0 N–H and O–H groups in total. The van der Waals surface area contributed by atoms with E-state index in [0.717, 1.165) is 5.56 Å². The zero-order chi connectivity index (χ0) is 17.5. The molecule has 1 saturated carbocycles. The molecule has 1 fully saturated rings. The first kappa shape index (κ1) is 16.2. The molecule has 0 bridgehead atoms. The Morgan fingerprint density at radius 1 is 1.00 bits per heavy atom. The van der Waals surface area contributed by atoms with Crippen molar-refractivity contribution >= 4 is 9.84 Å². The fourth-order valence-corrected chi connectivity index (χ4v) is 5.26. The van der Waals surface area contributed by atoms with Crippen molar-refractivity contribution in [1.29, 1.82) is 10.5 Å². The van der Waals surface area contributed by atoms with E-state index in [2.05, 4.69) is 0 Å². The first-order chi connectivity index (χ1) is 11.4. The monoisotopic (exact) mass is 340 g/mol. The van der Waals surface area contributed by atoms with Crippen molar-refractivity contribution in [1.82, 2.24) is 0 Å². The Morgan fingerprint density at radius 3 is 2.04 bits per heavy atom. The minimum atomic E-state index is -3.86. The van der Waals surface area contributed by atoms with E-state index in [9.17, 15) is 23.3 Å². The molecule has 0 spiro atoms. The Balaban J connectivity index is 2.09. The van der Waals surface area contributed by atoms with Gasteiger partial charge in [-0.05, 0) is 36.8 Å². The third-order valence-corrected chi connectivity index (χ3v) is 6.66. The molecule has 3 rings (SSSR count). The Hall–Kier alpha value is -2.70. The smallest absolute Gasteiger partial charge is 0.184 e. The van der Waals surface area contributed by atoms with Gasteiger partial charge in [-0.15, -0.1) is 0 Å². The third-order valence-electron chi connectivity index (χ3n) is 4.42. The van der Waals surface area contributed by atoms with Crippen LogP contribution in [0.5, 0.6) is 0 Å². The van der Waals surface area contributed by atoms with E-state index < -0.39 is 32.2 Å². The number of nitrogens with zero attached hydrogens (tertiary/aromatic N) is 2. The quantitative estimate of drug-likeness (QED) is 0.859. The molecule has 0 aliphatic heterocycles. The lowest BCUT2D eigenvalue weighted by Gasteiger charge is -2.04. The number of halogens is 1. The molecule has 0 saturated heterocycles. The van der Waals surface area contributed by atoms with Crippen LogP contribution in [-0.2, 0) is 9.84 Å². The van der Waals surface area contributed by atoms with Crippen molar-refractivity contribution in [3.63, 3.8) is 0 Å². The fraction of sp³-hybridized carbons (Fsp3) is 0.222. The van der Waals surface area contributed by atoms with Gasteiger partial charge in [-0.1, -0.05) is 29.8 Å². The average molecular weight is 340 g/mol. The highest BCUT2D eigenvalue weighted by molar-refractivity contribution is 7.92. The second-order valence-electron chi connectivity index (χ2n) is 5.90. The van der Waals surface area contributed by atoms with E-state index in [-0.39, 0.29) is 4.90 Å². The van der Waals surface area contributed by atoms with E-state index in [0.29, 0.717) is 5.56 Å². The minimum absolute atomic E-state index is 0.0811. The Labute approximate surface area is 139 Å². The number of aryl methyl sites for hydroxylation is 1. The maximum Gasteiger partial charge on any atom is 0.184 e. The van der Waals surface area contributed by atoms with E-state index >= 15 is 0 Å². The van der Waals surface area contributed by atoms with E-state index in [1.54, 1.807) is 12.1 Å². The van der Waals surface area contributed by atoms with Crippen LogP contribution in [0.3, 0.4) is 0 Å². The zero-order valence-corrected chi connectivity index (χ0v) is 13.6. The summed E-state index contributed by atoms with van der Waals surface area (Å²) < 4.78 is 38.9. The minimum Gasteiger partial charge on any atom is -0.223 e. The van der Waals surface area contributed by atoms with Crippen molar-refractivity contribution in [2.45, 2.75) is 23.0 Å². The summed E-state index contributed by atoms with van der Waals surface area (Å²) in [6.45, 7) is 1.84. The zero-order valence-electron chi connectivity index (χ0n) is 12.8. The largest absolute Gasteiger partial charge is 0.223 e. The summed E-state index contributed by atoms with van der Waals surface area (Å²) in [6.07, 6.45) is 0. The van der Waals surface area contributed by atoms with Gasteiger partial charge in [0.2, 0.25) is 0 Å². The SMILES string of the molecule is Cc1ccc(S(=O)(=O)[C@H]2[C@H](c3ccc(F)cc3)C2(C#N)C#N)cc1. The number of hydrogen-bond acceptors (Lipinski definition) is 4. The Morgan fingerprint density at radius 2 is 1.54 bits per heavy atom. The predicted octanol–water partition coefficient (Wildman–Crippen LogP) is 3.11. The van der Waals surface area contributed by atoms with Gasteiger partial charge < -0.3 is 0 Å². The van der Waals surface area contributed by atoms with Gasteiger partial charge in [-0.3, -0.25) is 0 Å². The van der Waals surface area contributed by atoms with Gasteiger partial charge >= 0.3 is 0 Å². The summed E-state index contributed by atoms with van der Waals surface area (Å²) >= 11 is 0. The molecule has 2 aromatic rings. The number of benzene rings is 2. The lowest BCUT2D eigenvalue weighted by molar-refractivity contribution is 0.591. The van der Waals surface area contributed by atoms with Gasteiger partial charge in [0.25, 0.3) is 0 Å². The highest BCUT2D eigenvalue weighted by Crippen LogP contribution is 2.63. The Kier molecular flexibility index (Phi) is 3.66. The molecule has 1 aliphatic carbocycles. The fourth-order valence-electron chi connectivity index (χ4n) is 3.05. The molecule has 0 heterocycles. The van der Waals surface area contributed by atoms with Crippen molar-refractivity contribution in [3.8, 4) is 12.1 Å². The van der Waals surface area contributed by atoms with E-state index in [1.165, 1.54) is 36.4 Å². The maximum atomic E-state index is 13.1. The molecular formula is C18H13FN2O2S. The summed E-state index contributed by atoms with van der Waals surface area (Å²) in [5.41, 5.74) is -0.270. The van der Waals surface area contributed by atoms with Crippen LogP contribution >= 0.6 is 0 Å². The summed E-state index contributed by atoms with van der Waals surface area (Å²) in [6, 6.07) is 15.3. The molecule has 0 aromatic heterocycles. The second kappa shape index (κ2) is 5.43. The van der Waals surface area contributed by atoms with Gasteiger partial charge in [0.1, 0.15) is 11.1 Å². The Bertz CT molecular complexity index is 954. The molecule has 2 atom stereocenters. The average Bonchev–Trinajstić information content (AvgIpc) is 3.26. The molecule has 24 heavy (non-hydrogen) atoms. The molecule has 4 nitrogen and oxygen atoms in total. The van der Waals surface area contributed by atoms with Crippen LogP contribution in [0.1, 0.15) is 17.0 Å². The normalized spacial score (nSPS) is 21.5. The topological polar surface area (TPSA) is 81.7 Å². The molecule has 1 aliphatic rings. The van der Waals surface area contributed by atoms with Crippen molar-refractivity contribution < 1.29 is 12.8 Å². The molecule has 2 aromatic carbocycles. The first-order valence-electron chi connectivity index (χ1n) is 7.25. The molecule has 0 amide bonds. The van der Waals surface area contributed by atoms with Crippen molar-refractivity contribution in [2.75, 3.05) is 0 Å². The van der Waals surface area contributed by atoms with Gasteiger partial charge in [0.05, 0.1) is 17.0 Å². The van der Waals surface area contributed by atoms with Crippen LogP contribution in [0, 0.1) is 40.8 Å². The van der Waals surface area contributed by atoms with E-state index in [4.69, 9.17) is 0 Å². The number of rotatable bonds is 3. The lowest BCUT2D eigenvalue weighted by atomic mass is 10.0. The van der Waals surface area contributed by atoms with Crippen LogP contribution < -0.4 is 0 Å². The van der Waals surface area contributed by atoms with Crippen LogP contribution in [0.2, 0.25) is 0 Å². The van der Waals surface area contributed by atoms with Crippen molar-refractivity contribution in [2.24, 2.45) is 5.41 Å². The molecule has 0 radical (unpaired) electrons. The van der Waals surface area contributed by atoms with Crippen LogP contribution in [0.25, 0.3) is 0 Å². The molecule has 120 valence electrons. The number of nitriles is 2. The highest BCUT2D eigenvalue weighted by Gasteiger charge is 2.73. The number of sulfone groups is 1. The summed E-state index contributed by atoms with van der Waals surface area (Å²) in [5, 5.41) is 17.8. The predicted molar refractivity (Wildman–Crippen MR) is 85.0 cm³/mol. The summed E-state index contributed by atoms with van der Waals surface area (Å²) in [5.74, 6) is -1.25. The van der Waals surface area contributed by atoms with E-state index in [1.807, 2.05) is 19.1 Å². The number of hydrogen-bond donors (Lipinski definition) is 0. The molecule has 6 heteroatoms. The van der Waals surface area contributed by atoms with Crippen LogP contribution in [0.4, 0.5) is 4.39 Å².